The maximum absolute atomic E-state index is 5.87. The predicted octanol–water partition coefficient (Wildman–Crippen LogP) is 4.45. The quantitative estimate of drug-likeness (QED) is 0.423. The normalized spacial score (nSPS) is 12.3. The second-order valence-corrected chi connectivity index (χ2v) is 11.8. The Balaban J connectivity index is 2.00. The van der Waals surface area contributed by atoms with Gasteiger partial charge in [-0.05, 0) is 36.5 Å². The van der Waals surface area contributed by atoms with Crippen LogP contribution in [0.5, 0.6) is 0 Å². The topological polar surface area (TPSA) is 59.6 Å². The summed E-state index contributed by atoms with van der Waals surface area (Å²) in [6.07, 6.45) is 2.22. The number of hydrogen-bond donors (Lipinski definition) is 2. The lowest BCUT2D eigenvalue weighted by atomic mass is 10.0. The van der Waals surface area contributed by atoms with Gasteiger partial charge >= 0.3 is 0 Å². The van der Waals surface area contributed by atoms with Crippen LogP contribution < -0.4 is 5.73 Å². The molecule has 0 fully saturated rings. The monoisotopic (exact) mass is 320 g/mol. The number of nitrogens with one attached hydrogen (secondary N) is 1. The van der Waals surface area contributed by atoms with E-state index in [9.17, 15) is 0 Å². The van der Waals surface area contributed by atoms with Crippen molar-refractivity contribution < 1.29 is 0 Å². The van der Waals surface area contributed by atoms with Crippen molar-refractivity contribution in [3.05, 3.63) is 48.7 Å². The molecule has 0 aliphatic carbocycles. The lowest BCUT2D eigenvalue weighted by molar-refractivity contribution is 1.12. The summed E-state index contributed by atoms with van der Waals surface area (Å²) in [6.45, 7) is 7.06. The first-order valence-electron chi connectivity index (χ1n) is 7.80. The van der Waals surface area contributed by atoms with Crippen LogP contribution in [0, 0.1) is 0 Å². The maximum atomic E-state index is 5.87. The number of aromatic amines is 1. The van der Waals surface area contributed by atoms with Crippen molar-refractivity contribution in [3.8, 4) is 11.3 Å². The zero-order chi connectivity index (χ0) is 16.2. The second kappa shape index (κ2) is 4.73. The van der Waals surface area contributed by atoms with Gasteiger partial charge in [0.1, 0.15) is 5.69 Å². The van der Waals surface area contributed by atoms with Crippen molar-refractivity contribution in [2.45, 2.75) is 19.6 Å². The highest BCUT2D eigenvalue weighted by Crippen LogP contribution is 2.34. The summed E-state index contributed by atoms with van der Waals surface area (Å²) >= 11 is 0. The lowest BCUT2D eigenvalue weighted by Gasteiger charge is -2.20. The number of nitrogen functional groups attached to an aromatic ring is 1. The summed E-state index contributed by atoms with van der Waals surface area (Å²) in [5.74, 6) is 0. The van der Waals surface area contributed by atoms with Crippen LogP contribution in [0.4, 0.5) is 5.69 Å². The molecule has 5 heteroatoms. The van der Waals surface area contributed by atoms with Gasteiger partial charge in [0.15, 0.2) is 8.24 Å². The second-order valence-electron chi connectivity index (χ2n) is 6.97. The molecule has 2 aromatic carbocycles. The van der Waals surface area contributed by atoms with Crippen molar-refractivity contribution >= 4 is 35.7 Å². The Morgan fingerprint density at radius 2 is 1.87 bits per heavy atom. The van der Waals surface area contributed by atoms with Crippen LogP contribution in [0.25, 0.3) is 33.1 Å². The van der Waals surface area contributed by atoms with Crippen molar-refractivity contribution in [2.24, 2.45) is 0 Å². The average molecular weight is 320 g/mol. The first-order chi connectivity index (χ1) is 10.9. The molecule has 0 saturated heterocycles. The van der Waals surface area contributed by atoms with Gasteiger partial charge in [0.2, 0.25) is 0 Å². The van der Waals surface area contributed by atoms with E-state index in [1.54, 1.807) is 0 Å². The van der Waals surface area contributed by atoms with Gasteiger partial charge in [-0.2, -0.15) is 5.10 Å². The van der Waals surface area contributed by atoms with Crippen LogP contribution >= 0.6 is 0 Å². The Kier molecular flexibility index (Phi) is 2.90. The van der Waals surface area contributed by atoms with E-state index in [0.717, 1.165) is 27.8 Å². The summed E-state index contributed by atoms with van der Waals surface area (Å²) in [6, 6.07) is 14.6. The smallest absolute Gasteiger partial charge is 0.152 e. The van der Waals surface area contributed by atoms with E-state index < -0.39 is 8.24 Å². The molecule has 0 aliphatic rings. The molecule has 0 saturated carbocycles. The Bertz CT molecular complexity index is 1020. The summed E-state index contributed by atoms with van der Waals surface area (Å²) in [5.41, 5.74) is 11.0. The molecule has 2 heterocycles. The zero-order valence-corrected chi connectivity index (χ0v) is 14.6. The molecule has 116 valence electrons. The molecule has 3 N–H and O–H groups in total. The molecule has 4 aromatic rings. The van der Waals surface area contributed by atoms with Crippen molar-refractivity contribution in [3.63, 3.8) is 0 Å². The molecule has 0 amide bonds. The molecule has 23 heavy (non-hydrogen) atoms. The number of nitrogens with zero attached hydrogens (tertiary/aromatic N) is 2. The molecule has 4 nitrogen and oxygen atoms in total. The molecule has 0 bridgehead atoms. The van der Waals surface area contributed by atoms with Gasteiger partial charge in [0, 0.05) is 27.5 Å². The van der Waals surface area contributed by atoms with E-state index in [4.69, 9.17) is 5.73 Å². The molecular weight excluding hydrogens is 300 g/mol. The standard InChI is InChI=1S/C18H20N4Si/c1-23(2,3)22-10-9-13-14(5-4-6-17(13)22)18-15-8-7-12(19)11-16(15)20-21-18/h4-11H,19H2,1-3H3,(H,20,21). The minimum absolute atomic E-state index is 0.746. The fourth-order valence-corrected chi connectivity index (χ4v) is 4.64. The van der Waals surface area contributed by atoms with Gasteiger partial charge < -0.3 is 9.97 Å². The third-order valence-electron chi connectivity index (χ3n) is 4.30. The van der Waals surface area contributed by atoms with Crippen molar-refractivity contribution in [1.82, 2.24) is 14.4 Å². The van der Waals surface area contributed by atoms with Crippen LogP contribution in [0.15, 0.2) is 48.7 Å². The van der Waals surface area contributed by atoms with Crippen LogP contribution in [0.3, 0.4) is 0 Å². The van der Waals surface area contributed by atoms with Crippen molar-refractivity contribution in [1.29, 1.82) is 0 Å². The van der Waals surface area contributed by atoms with Crippen LogP contribution in [-0.2, 0) is 0 Å². The Hall–Kier alpha value is -2.53. The summed E-state index contributed by atoms with van der Waals surface area (Å²) < 4.78 is 2.44. The highest BCUT2D eigenvalue weighted by Gasteiger charge is 2.20. The molecule has 2 aromatic heterocycles. The van der Waals surface area contributed by atoms with Gasteiger partial charge in [-0.3, -0.25) is 5.10 Å². The molecule has 0 spiro atoms. The maximum Gasteiger partial charge on any atom is 0.152 e. The van der Waals surface area contributed by atoms with E-state index in [-0.39, 0.29) is 0 Å². The highest BCUT2D eigenvalue weighted by molar-refractivity contribution is 6.75. The molecule has 0 atom stereocenters. The minimum Gasteiger partial charge on any atom is -0.399 e. The predicted molar refractivity (Wildman–Crippen MR) is 100 cm³/mol. The van der Waals surface area contributed by atoms with E-state index >= 15 is 0 Å². The Morgan fingerprint density at radius 3 is 2.65 bits per heavy atom. The lowest BCUT2D eigenvalue weighted by Crippen LogP contribution is -2.30. The summed E-state index contributed by atoms with van der Waals surface area (Å²) in [5, 5.41) is 10.0. The molecular formula is C18H20N4Si. The number of benzene rings is 2. The zero-order valence-electron chi connectivity index (χ0n) is 13.6. The van der Waals surface area contributed by atoms with E-state index in [2.05, 4.69) is 64.5 Å². The number of rotatable bonds is 2. The largest absolute Gasteiger partial charge is 0.399 e. The molecule has 0 aliphatic heterocycles. The van der Waals surface area contributed by atoms with Crippen LogP contribution in [0.2, 0.25) is 19.6 Å². The van der Waals surface area contributed by atoms with Crippen LogP contribution in [0.1, 0.15) is 0 Å². The number of nitrogens with two attached hydrogens (primary N) is 1. The Morgan fingerprint density at radius 1 is 1.04 bits per heavy atom. The molecule has 0 radical (unpaired) electrons. The summed E-state index contributed by atoms with van der Waals surface area (Å²) in [7, 11) is -1.44. The van der Waals surface area contributed by atoms with E-state index in [0.29, 0.717) is 0 Å². The third kappa shape index (κ3) is 2.16. The third-order valence-corrected chi connectivity index (χ3v) is 6.13. The van der Waals surface area contributed by atoms with Crippen LogP contribution in [-0.4, -0.2) is 22.7 Å². The SMILES string of the molecule is C[Si](C)(C)n1ccc2c(-c3n[nH]c4cc(N)ccc34)cccc21. The number of aromatic nitrogens is 3. The van der Waals surface area contributed by atoms with Gasteiger partial charge in [0.05, 0.1) is 5.52 Å². The fourth-order valence-electron chi connectivity index (χ4n) is 3.20. The number of H-pyrrole nitrogens is 1. The Labute approximate surface area is 136 Å². The molecule has 4 rings (SSSR count). The highest BCUT2D eigenvalue weighted by atomic mass is 28.3. The van der Waals surface area contributed by atoms with Crippen molar-refractivity contribution in [2.75, 3.05) is 5.73 Å². The van der Waals surface area contributed by atoms with E-state index in [1.807, 2.05) is 18.2 Å². The first-order valence-corrected chi connectivity index (χ1v) is 11.2. The minimum atomic E-state index is -1.44. The van der Waals surface area contributed by atoms with Gasteiger partial charge in [-0.1, -0.05) is 31.8 Å². The first kappa shape index (κ1) is 14.1. The average Bonchev–Trinajstić information content (AvgIpc) is 3.09. The molecule has 0 unspecified atom stereocenters. The number of fused-ring (bicyclic) bond motifs is 2. The van der Waals surface area contributed by atoms with Gasteiger partial charge in [-0.25, -0.2) is 0 Å². The summed E-state index contributed by atoms with van der Waals surface area (Å²) in [4.78, 5) is 0. The van der Waals surface area contributed by atoms with Gasteiger partial charge in [0.25, 0.3) is 0 Å². The fraction of sp³-hybridized carbons (Fsp3) is 0.167. The number of hydrogen-bond acceptors (Lipinski definition) is 2. The van der Waals surface area contributed by atoms with E-state index in [1.165, 1.54) is 10.9 Å². The number of anilines is 1. The van der Waals surface area contributed by atoms with Gasteiger partial charge in [-0.15, -0.1) is 0 Å².